The highest BCUT2D eigenvalue weighted by atomic mass is 32.2. The Hall–Kier alpha value is -1.51. The molecule has 0 saturated carbocycles. The summed E-state index contributed by atoms with van der Waals surface area (Å²) in [6.07, 6.45) is 1.46. The Balaban J connectivity index is 2.22. The van der Waals surface area contributed by atoms with Crippen molar-refractivity contribution in [2.24, 2.45) is 5.73 Å². The third-order valence-corrected chi connectivity index (χ3v) is 3.51. The Labute approximate surface area is 118 Å². The molecule has 3 N–H and O–H groups in total. The van der Waals surface area contributed by atoms with Crippen LogP contribution in [-0.2, 0) is 4.79 Å². The second-order valence-corrected chi connectivity index (χ2v) is 5.59. The van der Waals surface area contributed by atoms with Crippen LogP contribution in [0.1, 0.15) is 25.3 Å². The van der Waals surface area contributed by atoms with Gasteiger partial charge in [-0.1, -0.05) is 0 Å². The highest BCUT2D eigenvalue weighted by Gasteiger charge is 2.03. The second-order valence-electron chi connectivity index (χ2n) is 4.37. The molecule has 0 aliphatic heterocycles. The summed E-state index contributed by atoms with van der Waals surface area (Å²) in [6.45, 7) is 1.98. The smallest absolute Gasteiger partial charge is 0.225 e. The summed E-state index contributed by atoms with van der Waals surface area (Å²) in [5.74, 6) is 1.79. The highest BCUT2D eigenvalue weighted by molar-refractivity contribution is 7.99. The summed E-state index contributed by atoms with van der Waals surface area (Å²) in [7, 11) is 0. The Morgan fingerprint density at radius 1 is 1.42 bits per heavy atom. The molecule has 1 aromatic rings. The number of carbonyl (C=O) groups excluding carboxylic acids is 1. The van der Waals surface area contributed by atoms with Crippen molar-refractivity contribution in [1.82, 2.24) is 0 Å². The van der Waals surface area contributed by atoms with Crippen LogP contribution in [0.25, 0.3) is 0 Å². The van der Waals surface area contributed by atoms with Gasteiger partial charge in [0.2, 0.25) is 5.91 Å². The van der Waals surface area contributed by atoms with Crippen molar-refractivity contribution in [1.29, 1.82) is 5.26 Å². The van der Waals surface area contributed by atoms with Crippen molar-refractivity contribution >= 4 is 23.4 Å². The van der Waals surface area contributed by atoms with Gasteiger partial charge in [0.05, 0.1) is 11.6 Å². The van der Waals surface area contributed by atoms with Gasteiger partial charge >= 0.3 is 0 Å². The SMILES string of the molecule is CC(N)CCSCCC(=O)Nc1ccc(C#N)cc1. The number of nitrogens with zero attached hydrogens (tertiary/aromatic N) is 1. The first-order valence-electron chi connectivity index (χ1n) is 6.25. The lowest BCUT2D eigenvalue weighted by Gasteiger charge is -2.06. The van der Waals surface area contributed by atoms with E-state index in [1.165, 1.54) is 0 Å². The monoisotopic (exact) mass is 277 g/mol. The largest absolute Gasteiger partial charge is 0.328 e. The lowest BCUT2D eigenvalue weighted by atomic mass is 10.2. The van der Waals surface area contributed by atoms with Gasteiger partial charge in [-0.15, -0.1) is 0 Å². The zero-order valence-corrected chi connectivity index (χ0v) is 11.9. The Morgan fingerprint density at radius 2 is 2.11 bits per heavy atom. The summed E-state index contributed by atoms with van der Waals surface area (Å²) in [5, 5.41) is 11.5. The van der Waals surface area contributed by atoms with Crippen LogP contribution in [-0.4, -0.2) is 23.5 Å². The molecule has 0 aliphatic carbocycles. The van der Waals surface area contributed by atoms with Crippen LogP contribution < -0.4 is 11.1 Å². The van der Waals surface area contributed by atoms with Crippen molar-refractivity contribution in [3.63, 3.8) is 0 Å². The zero-order valence-electron chi connectivity index (χ0n) is 11.1. The van der Waals surface area contributed by atoms with Gasteiger partial charge in [-0.05, 0) is 43.4 Å². The predicted octanol–water partition coefficient (Wildman–Crippen LogP) is 2.36. The van der Waals surface area contributed by atoms with Crippen molar-refractivity contribution in [2.45, 2.75) is 25.8 Å². The van der Waals surface area contributed by atoms with Gasteiger partial charge in [0.25, 0.3) is 0 Å². The summed E-state index contributed by atoms with van der Waals surface area (Å²) in [4.78, 5) is 11.6. The lowest BCUT2D eigenvalue weighted by molar-refractivity contribution is -0.115. The second kappa shape index (κ2) is 8.57. The summed E-state index contributed by atoms with van der Waals surface area (Å²) in [6, 6.07) is 9.11. The molecule has 1 unspecified atom stereocenters. The molecule has 1 amide bonds. The number of nitriles is 1. The van der Waals surface area contributed by atoms with Crippen LogP contribution in [0, 0.1) is 11.3 Å². The predicted molar refractivity (Wildman–Crippen MR) is 80.0 cm³/mol. The molecule has 0 aliphatic rings. The fourth-order valence-electron chi connectivity index (χ4n) is 1.39. The maximum atomic E-state index is 11.6. The highest BCUT2D eigenvalue weighted by Crippen LogP contribution is 2.10. The molecular weight excluding hydrogens is 258 g/mol. The van der Waals surface area contributed by atoms with Crippen molar-refractivity contribution in [3.05, 3.63) is 29.8 Å². The van der Waals surface area contributed by atoms with Crippen LogP contribution >= 0.6 is 11.8 Å². The molecule has 102 valence electrons. The summed E-state index contributed by atoms with van der Waals surface area (Å²) >= 11 is 1.74. The number of nitrogens with one attached hydrogen (secondary N) is 1. The Bertz CT molecular complexity index is 437. The number of hydrogen-bond acceptors (Lipinski definition) is 4. The van der Waals surface area contributed by atoms with E-state index in [1.807, 2.05) is 13.0 Å². The van der Waals surface area contributed by atoms with Gasteiger partial charge in [-0.3, -0.25) is 4.79 Å². The minimum absolute atomic E-state index is 0.00185. The van der Waals surface area contributed by atoms with E-state index in [-0.39, 0.29) is 11.9 Å². The first-order valence-corrected chi connectivity index (χ1v) is 7.40. The fraction of sp³-hybridized carbons (Fsp3) is 0.429. The number of thioether (sulfide) groups is 1. The standard InChI is InChI=1S/C14H19N3OS/c1-11(16)6-8-19-9-7-14(18)17-13-4-2-12(10-15)3-5-13/h2-5,11H,6-9,16H2,1H3,(H,17,18). The number of rotatable bonds is 7. The normalized spacial score (nSPS) is 11.6. The van der Waals surface area contributed by atoms with E-state index >= 15 is 0 Å². The van der Waals surface area contributed by atoms with E-state index in [2.05, 4.69) is 5.32 Å². The molecule has 0 bridgehead atoms. The topological polar surface area (TPSA) is 78.9 Å². The van der Waals surface area contributed by atoms with Crippen molar-refractivity contribution < 1.29 is 4.79 Å². The molecule has 1 rings (SSSR count). The Morgan fingerprint density at radius 3 is 2.68 bits per heavy atom. The van der Waals surface area contributed by atoms with Gasteiger partial charge in [0, 0.05) is 23.9 Å². The van der Waals surface area contributed by atoms with E-state index in [0.717, 1.165) is 23.6 Å². The number of amides is 1. The molecule has 0 saturated heterocycles. The molecule has 4 nitrogen and oxygen atoms in total. The van der Waals surface area contributed by atoms with Crippen LogP contribution in [0.2, 0.25) is 0 Å². The minimum Gasteiger partial charge on any atom is -0.328 e. The van der Waals surface area contributed by atoms with Gasteiger partial charge in [-0.25, -0.2) is 0 Å². The quantitative estimate of drug-likeness (QED) is 0.750. The molecule has 19 heavy (non-hydrogen) atoms. The third kappa shape index (κ3) is 6.85. The van der Waals surface area contributed by atoms with E-state index in [4.69, 9.17) is 11.0 Å². The summed E-state index contributed by atoms with van der Waals surface area (Å²) < 4.78 is 0. The molecule has 0 heterocycles. The maximum Gasteiger partial charge on any atom is 0.225 e. The lowest BCUT2D eigenvalue weighted by Crippen LogP contribution is -2.16. The number of nitrogens with two attached hydrogens (primary N) is 1. The summed E-state index contributed by atoms with van der Waals surface area (Å²) in [5.41, 5.74) is 6.96. The Kier molecular flexibility index (Phi) is 7.01. The molecule has 1 aromatic carbocycles. The molecule has 1 atom stereocenters. The first kappa shape index (κ1) is 15.5. The molecule has 5 heteroatoms. The third-order valence-electron chi connectivity index (χ3n) is 2.49. The zero-order chi connectivity index (χ0) is 14.1. The first-order chi connectivity index (χ1) is 9.11. The number of anilines is 1. The average molecular weight is 277 g/mol. The minimum atomic E-state index is -0.00185. The number of benzene rings is 1. The van der Waals surface area contributed by atoms with Gasteiger partial charge in [0.15, 0.2) is 0 Å². The van der Waals surface area contributed by atoms with E-state index in [9.17, 15) is 4.79 Å². The maximum absolute atomic E-state index is 11.6. The van der Waals surface area contributed by atoms with Crippen LogP contribution in [0.15, 0.2) is 24.3 Å². The number of carbonyl (C=O) groups is 1. The van der Waals surface area contributed by atoms with Crippen LogP contribution in [0.4, 0.5) is 5.69 Å². The van der Waals surface area contributed by atoms with Crippen molar-refractivity contribution in [3.8, 4) is 6.07 Å². The molecule has 0 aromatic heterocycles. The van der Waals surface area contributed by atoms with Gasteiger partial charge in [0.1, 0.15) is 0 Å². The molecular formula is C14H19N3OS. The molecule has 0 fully saturated rings. The molecule has 0 radical (unpaired) electrons. The molecule has 0 spiro atoms. The average Bonchev–Trinajstić information content (AvgIpc) is 2.39. The van der Waals surface area contributed by atoms with Gasteiger partial charge in [-0.2, -0.15) is 17.0 Å². The fourth-order valence-corrected chi connectivity index (χ4v) is 2.46. The van der Waals surface area contributed by atoms with E-state index < -0.39 is 0 Å². The number of hydrogen-bond donors (Lipinski definition) is 2. The van der Waals surface area contributed by atoms with Crippen molar-refractivity contribution in [2.75, 3.05) is 16.8 Å². The van der Waals surface area contributed by atoms with Gasteiger partial charge < -0.3 is 11.1 Å². The van der Waals surface area contributed by atoms with Crippen LogP contribution in [0.3, 0.4) is 0 Å². The van der Waals surface area contributed by atoms with Crippen LogP contribution in [0.5, 0.6) is 0 Å². The van der Waals surface area contributed by atoms with E-state index in [1.54, 1.807) is 36.0 Å². The van der Waals surface area contributed by atoms with E-state index in [0.29, 0.717) is 12.0 Å².